The van der Waals surface area contributed by atoms with Crippen molar-refractivity contribution in [3.05, 3.63) is 63.2 Å². The number of fused-ring (bicyclic) bond motifs is 1. The van der Waals surface area contributed by atoms with Gasteiger partial charge in [0.05, 0.1) is 4.92 Å². The summed E-state index contributed by atoms with van der Waals surface area (Å²) in [6.45, 7) is 1.62. The zero-order chi connectivity index (χ0) is 17.3. The van der Waals surface area contributed by atoms with Gasteiger partial charge in [0.1, 0.15) is 0 Å². The number of hydrogen-bond donors (Lipinski definition) is 2. The van der Waals surface area contributed by atoms with Gasteiger partial charge in [-0.1, -0.05) is 6.07 Å². The second-order valence-electron chi connectivity index (χ2n) is 5.63. The number of hydrogen-bond acceptors (Lipinski definition) is 4. The average Bonchev–Trinajstić information content (AvgIpc) is 2.55. The SMILES string of the molecule is Cc1ccc(C(=O)Nc2ccc3c(c2)CCC(=O)N3)cc1[N+](=O)[O-]. The third-order valence-electron chi connectivity index (χ3n) is 3.93. The Hall–Kier alpha value is -3.22. The van der Waals surface area contributed by atoms with Crippen LogP contribution in [0.4, 0.5) is 17.1 Å². The molecule has 0 unspecified atom stereocenters. The molecule has 2 N–H and O–H groups in total. The van der Waals surface area contributed by atoms with Crippen molar-refractivity contribution in [2.24, 2.45) is 0 Å². The third-order valence-corrected chi connectivity index (χ3v) is 3.93. The normalized spacial score (nSPS) is 13.0. The molecule has 3 rings (SSSR count). The molecule has 0 aliphatic carbocycles. The first-order valence-electron chi connectivity index (χ1n) is 7.43. The molecule has 0 saturated heterocycles. The van der Waals surface area contributed by atoms with E-state index < -0.39 is 10.8 Å². The Bertz CT molecular complexity index is 861. The maximum Gasteiger partial charge on any atom is 0.273 e. The standard InChI is InChI=1S/C17H15N3O4/c1-10-2-3-12(9-15(10)20(23)24)17(22)18-13-5-6-14-11(8-13)4-7-16(21)19-14/h2-3,5-6,8-9H,4,7H2,1H3,(H,18,22)(H,19,21). The highest BCUT2D eigenvalue weighted by atomic mass is 16.6. The summed E-state index contributed by atoms with van der Waals surface area (Å²) in [7, 11) is 0. The lowest BCUT2D eigenvalue weighted by Crippen LogP contribution is -2.19. The molecule has 1 heterocycles. The minimum atomic E-state index is -0.506. The maximum absolute atomic E-state index is 12.3. The summed E-state index contributed by atoms with van der Waals surface area (Å²) in [5.74, 6) is -0.441. The summed E-state index contributed by atoms with van der Waals surface area (Å²) in [5, 5.41) is 16.5. The molecule has 0 aromatic heterocycles. The van der Waals surface area contributed by atoms with E-state index in [2.05, 4.69) is 10.6 Å². The van der Waals surface area contributed by atoms with Gasteiger partial charge >= 0.3 is 0 Å². The molecule has 0 atom stereocenters. The Morgan fingerprint density at radius 1 is 1.21 bits per heavy atom. The lowest BCUT2D eigenvalue weighted by molar-refractivity contribution is -0.385. The van der Waals surface area contributed by atoms with Crippen LogP contribution in [0.25, 0.3) is 0 Å². The fourth-order valence-electron chi connectivity index (χ4n) is 2.61. The number of anilines is 2. The quantitative estimate of drug-likeness (QED) is 0.669. The predicted molar refractivity (Wildman–Crippen MR) is 89.2 cm³/mol. The summed E-state index contributed by atoms with van der Waals surface area (Å²) in [6, 6.07) is 9.59. The Morgan fingerprint density at radius 3 is 2.75 bits per heavy atom. The van der Waals surface area contributed by atoms with Gasteiger partial charge in [0.15, 0.2) is 0 Å². The molecular formula is C17H15N3O4. The fourth-order valence-corrected chi connectivity index (χ4v) is 2.61. The van der Waals surface area contributed by atoms with Crippen molar-refractivity contribution >= 4 is 28.9 Å². The molecule has 0 bridgehead atoms. The van der Waals surface area contributed by atoms with E-state index in [1.165, 1.54) is 6.07 Å². The summed E-state index contributed by atoms with van der Waals surface area (Å²) < 4.78 is 0. The first-order valence-corrected chi connectivity index (χ1v) is 7.43. The lowest BCUT2D eigenvalue weighted by Gasteiger charge is -2.17. The second kappa shape index (κ2) is 6.11. The molecular weight excluding hydrogens is 310 g/mol. The molecule has 122 valence electrons. The molecule has 2 amide bonds. The Kier molecular flexibility index (Phi) is 3.99. The molecule has 0 fully saturated rings. The summed E-state index contributed by atoms with van der Waals surface area (Å²) in [5.41, 5.74) is 2.91. The molecule has 0 radical (unpaired) electrons. The second-order valence-corrected chi connectivity index (χ2v) is 5.63. The number of aryl methyl sites for hydroxylation is 2. The van der Waals surface area contributed by atoms with Gasteiger partial charge in [-0.05, 0) is 43.2 Å². The van der Waals surface area contributed by atoms with Gasteiger partial charge in [-0.25, -0.2) is 0 Å². The Balaban J connectivity index is 1.81. The van der Waals surface area contributed by atoms with Crippen LogP contribution in [0.5, 0.6) is 0 Å². The number of nitro benzene ring substituents is 1. The van der Waals surface area contributed by atoms with E-state index >= 15 is 0 Å². The van der Waals surface area contributed by atoms with Crippen molar-refractivity contribution < 1.29 is 14.5 Å². The molecule has 24 heavy (non-hydrogen) atoms. The molecule has 1 aliphatic rings. The van der Waals surface area contributed by atoms with E-state index in [0.29, 0.717) is 24.1 Å². The van der Waals surface area contributed by atoms with Gasteiger partial charge in [-0.3, -0.25) is 19.7 Å². The van der Waals surface area contributed by atoms with Crippen LogP contribution in [0.1, 0.15) is 27.9 Å². The van der Waals surface area contributed by atoms with Gasteiger partial charge in [-0.2, -0.15) is 0 Å². The van der Waals surface area contributed by atoms with Crippen LogP contribution in [0, 0.1) is 17.0 Å². The molecule has 1 aliphatic heterocycles. The zero-order valence-electron chi connectivity index (χ0n) is 13.0. The van der Waals surface area contributed by atoms with E-state index in [1.54, 1.807) is 37.3 Å². The number of nitro groups is 1. The number of carbonyl (C=O) groups is 2. The number of amides is 2. The highest BCUT2D eigenvalue weighted by Crippen LogP contribution is 2.26. The van der Waals surface area contributed by atoms with Crippen molar-refractivity contribution in [2.45, 2.75) is 19.8 Å². The number of nitrogens with zero attached hydrogens (tertiary/aromatic N) is 1. The number of carbonyl (C=O) groups excluding carboxylic acids is 2. The largest absolute Gasteiger partial charge is 0.326 e. The number of rotatable bonds is 3. The summed E-state index contributed by atoms with van der Waals surface area (Å²) in [6.07, 6.45) is 1.02. The highest BCUT2D eigenvalue weighted by molar-refractivity contribution is 6.05. The topological polar surface area (TPSA) is 101 Å². The molecule has 7 heteroatoms. The maximum atomic E-state index is 12.3. The van der Waals surface area contributed by atoms with E-state index in [1.807, 2.05) is 0 Å². The summed E-state index contributed by atoms with van der Waals surface area (Å²) >= 11 is 0. The van der Waals surface area contributed by atoms with Crippen molar-refractivity contribution in [1.82, 2.24) is 0 Å². The van der Waals surface area contributed by atoms with E-state index in [9.17, 15) is 19.7 Å². The van der Waals surface area contributed by atoms with Gasteiger partial charge in [0.25, 0.3) is 11.6 Å². The first kappa shape index (κ1) is 15.7. The van der Waals surface area contributed by atoms with Crippen molar-refractivity contribution in [3.63, 3.8) is 0 Å². The molecule has 7 nitrogen and oxygen atoms in total. The van der Waals surface area contributed by atoms with Crippen LogP contribution in [-0.4, -0.2) is 16.7 Å². The van der Waals surface area contributed by atoms with E-state index in [0.717, 1.165) is 11.3 Å². The van der Waals surface area contributed by atoms with Crippen molar-refractivity contribution in [3.8, 4) is 0 Å². The van der Waals surface area contributed by atoms with Gasteiger partial charge < -0.3 is 10.6 Å². The van der Waals surface area contributed by atoms with Gasteiger partial charge in [0, 0.05) is 35.0 Å². The van der Waals surface area contributed by atoms with Crippen LogP contribution in [-0.2, 0) is 11.2 Å². The molecule has 0 saturated carbocycles. The number of benzene rings is 2. The predicted octanol–water partition coefficient (Wildman–Crippen LogP) is 3.04. The zero-order valence-corrected chi connectivity index (χ0v) is 13.0. The van der Waals surface area contributed by atoms with E-state index in [4.69, 9.17) is 0 Å². The van der Waals surface area contributed by atoms with Crippen LogP contribution in [0.15, 0.2) is 36.4 Å². The fraction of sp³-hybridized carbons (Fsp3) is 0.176. The van der Waals surface area contributed by atoms with Crippen LogP contribution in [0.3, 0.4) is 0 Å². The van der Waals surface area contributed by atoms with Crippen LogP contribution in [0.2, 0.25) is 0 Å². The Morgan fingerprint density at radius 2 is 2.00 bits per heavy atom. The monoisotopic (exact) mass is 325 g/mol. The van der Waals surface area contributed by atoms with Gasteiger partial charge in [0.2, 0.25) is 5.91 Å². The minimum absolute atomic E-state index is 0.0220. The third kappa shape index (κ3) is 3.10. The van der Waals surface area contributed by atoms with Crippen molar-refractivity contribution in [2.75, 3.05) is 10.6 Å². The van der Waals surface area contributed by atoms with Crippen molar-refractivity contribution in [1.29, 1.82) is 0 Å². The highest BCUT2D eigenvalue weighted by Gasteiger charge is 2.17. The number of nitrogens with one attached hydrogen (secondary N) is 2. The van der Waals surface area contributed by atoms with Crippen LogP contribution >= 0.6 is 0 Å². The lowest BCUT2D eigenvalue weighted by atomic mass is 10.0. The molecule has 2 aromatic carbocycles. The summed E-state index contributed by atoms with van der Waals surface area (Å²) in [4.78, 5) is 34.1. The Labute approximate surface area is 137 Å². The minimum Gasteiger partial charge on any atom is -0.326 e. The van der Waals surface area contributed by atoms with Crippen LogP contribution < -0.4 is 10.6 Å². The van der Waals surface area contributed by atoms with E-state index in [-0.39, 0.29) is 17.2 Å². The van der Waals surface area contributed by atoms with Gasteiger partial charge in [-0.15, -0.1) is 0 Å². The first-order chi connectivity index (χ1) is 11.4. The average molecular weight is 325 g/mol. The molecule has 0 spiro atoms. The molecule has 2 aromatic rings. The smallest absolute Gasteiger partial charge is 0.273 e.